The number of primary amides is 1. The number of rotatable bonds is 4. The van der Waals surface area contributed by atoms with Gasteiger partial charge in [-0.05, 0) is 30.4 Å². The average molecular weight is 520 g/mol. The molecular weight excluding hydrogens is 502 g/mol. The summed E-state index contributed by atoms with van der Waals surface area (Å²) in [6.45, 7) is -2.96. The number of hydrogen-bond donors (Lipinski definition) is 3. The molecule has 35 heavy (non-hydrogen) atoms. The number of nitrogens with two attached hydrogens (primary N) is 2. The minimum Gasteiger partial charge on any atom is -0.351 e. The molecule has 0 spiro atoms. The van der Waals surface area contributed by atoms with Gasteiger partial charge in [-0.3, -0.25) is 0 Å². The molecule has 3 aromatic rings. The molecule has 2 heterocycles. The van der Waals surface area contributed by atoms with E-state index in [2.05, 4.69) is 15.4 Å². The summed E-state index contributed by atoms with van der Waals surface area (Å²) in [7, 11) is -2.18. The van der Waals surface area contributed by atoms with Crippen LogP contribution in [0.25, 0.3) is 11.1 Å². The summed E-state index contributed by atoms with van der Waals surface area (Å²) >= 11 is 0. The number of carbonyl (C=O) groups excluding carboxylic acids is 1. The van der Waals surface area contributed by atoms with E-state index in [1.54, 1.807) is 30.3 Å². The van der Waals surface area contributed by atoms with Gasteiger partial charge in [0.1, 0.15) is 11.0 Å². The monoisotopic (exact) mass is 520 g/mol. The first-order valence-electron chi connectivity index (χ1n) is 9.84. The van der Waals surface area contributed by atoms with Crippen LogP contribution in [0.4, 0.5) is 36.8 Å². The number of aryl methyl sites for hydroxylation is 1. The average Bonchev–Trinajstić information content (AvgIpc) is 3.40. The van der Waals surface area contributed by atoms with Gasteiger partial charge in [0.15, 0.2) is 16.5 Å². The number of pyridine rings is 1. The number of benzene rings is 1. The molecule has 15 heteroatoms. The number of halogens is 6. The molecule has 0 saturated heterocycles. The first kappa shape index (κ1) is 26.2. The molecule has 2 aromatic heterocycles. The molecule has 188 valence electrons. The van der Waals surface area contributed by atoms with Crippen LogP contribution in [0.15, 0.2) is 41.6 Å². The van der Waals surface area contributed by atoms with E-state index in [1.807, 2.05) is 0 Å². The lowest BCUT2D eigenvalue weighted by molar-refractivity contribution is -0.140. The smallest absolute Gasteiger partial charge is 0.351 e. The van der Waals surface area contributed by atoms with E-state index in [9.17, 15) is 35.3 Å². The van der Waals surface area contributed by atoms with Crippen LogP contribution in [0.5, 0.6) is 0 Å². The zero-order valence-electron chi connectivity index (χ0n) is 17.7. The molecule has 5 N–H and O–H groups in total. The number of fused-ring (bicyclic) bond motifs is 1. The Morgan fingerprint density at radius 1 is 1.17 bits per heavy atom. The lowest BCUT2D eigenvalue weighted by atomic mass is 9.97. The van der Waals surface area contributed by atoms with Gasteiger partial charge in [0, 0.05) is 11.3 Å². The van der Waals surface area contributed by atoms with Crippen LogP contribution < -0.4 is 16.2 Å². The van der Waals surface area contributed by atoms with Crippen molar-refractivity contribution in [2.45, 2.75) is 37.0 Å². The number of hydrogen-bond acceptors (Lipinski definition) is 4. The molecule has 0 radical (unpaired) electrons. The number of nitrogens with zero attached hydrogens (tertiary/aromatic N) is 3. The summed E-state index contributed by atoms with van der Waals surface area (Å²) in [5.41, 5.74) is 5.53. The Balaban J connectivity index is 0.000000241. The van der Waals surface area contributed by atoms with Crippen LogP contribution in [-0.2, 0) is 30.0 Å². The molecule has 0 fully saturated rings. The number of aromatic nitrogens is 3. The number of anilines is 1. The fourth-order valence-corrected chi connectivity index (χ4v) is 3.94. The standard InChI is InChI=1S/C16H14F3N3O.C4H4F3N3OS/c17-16(18,19)14-12(9-5-2-1-3-6-9)13(22-15(20)23)10-7-4-8-11(10)21-14;5-2-1-10(4(6)7)9-3(2)12(8)11/h1-3,5-6H,4,7-8H2,(H3,20,21,22,23);1,4H,8H2. The van der Waals surface area contributed by atoms with Gasteiger partial charge in [0.25, 0.3) is 0 Å². The maximum absolute atomic E-state index is 13.5. The zero-order valence-corrected chi connectivity index (χ0v) is 18.5. The van der Waals surface area contributed by atoms with Crippen LogP contribution in [0.2, 0.25) is 0 Å². The lowest BCUT2D eigenvalue weighted by Gasteiger charge is -2.20. The van der Waals surface area contributed by atoms with Crippen molar-refractivity contribution in [3.63, 3.8) is 0 Å². The molecule has 1 aliphatic carbocycles. The van der Waals surface area contributed by atoms with E-state index in [-0.39, 0.29) is 15.9 Å². The quantitative estimate of drug-likeness (QED) is 0.447. The number of alkyl halides is 5. The van der Waals surface area contributed by atoms with Crippen molar-refractivity contribution in [2.24, 2.45) is 10.9 Å². The summed E-state index contributed by atoms with van der Waals surface area (Å²) < 4.78 is 87.2. The van der Waals surface area contributed by atoms with Crippen molar-refractivity contribution in [3.05, 3.63) is 59.3 Å². The maximum Gasteiger partial charge on any atom is 0.434 e. The van der Waals surface area contributed by atoms with Crippen LogP contribution in [0.1, 0.15) is 29.9 Å². The van der Waals surface area contributed by atoms with Crippen LogP contribution in [0, 0.1) is 5.82 Å². The fraction of sp³-hybridized carbons (Fsp3) is 0.250. The van der Waals surface area contributed by atoms with Crippen molar-refractivity contribution in [2.75, 3.05) is 5.32 Å². The Morgan fingerprint density at radius 2 is 1.83 bits per heavy atom. The molecule has 0 aliphatic heterocycles. The van der Waals surface area contributed by atoms with Gasteiger partial charge in [0.2, 0.25) is 0 Å². The first-order valence-corrected chi connectivity index (χ1v) is 11.0. The van der Waals surface area contributed by atoms with E-state index in [0.717, 1.165) is 0 Å². The third kappa shape index (κ3) is 5.97. The molecule has 0 bridgehead atoms. The molecule has 1 atom stereocenters. The second kappa shape index (κ2) is 10.4. The van der Waals surface area contributed by atoms with Gasteiger partial charge in [-0.2, -0.15) is 27.1 Å². The Morgan fingerprint density at radius 3 is 2.31 bits per heavy atom. The van der Waals surface area contributed by atoms with E-state index in [4.69, 9.17) is 10.9 Å². The number of nitrogens with one attached hydrogen (secondary N) is 1. The molecule has 1 aliphatic rings. The van der Waals surface area contributed by atoms with Gasteiger partial charge in [-0.1, -0.05) is 30.3 Å². The van der Waals surface area contributed by atoms with Gasteiger partial charge >= 0.3 is 18.8 Å². The second-order valence-electron chi connectivity index (χ2n) is 7.18. The van der Waals surface area contributed by atoms with Crippen LogP contribution in [-0.4, -0.2) is 25.0 Å². The SMILES string of the molecule is NC(=O)Nc1c2c(nc(C(F)(F)F)c1-c1ccccc1)CCC2.NS(=O)c1nn(C(F)F)cc1F. The Kier molecular flexibility index (Phi) is 7.80. The highest BCUT2D eigenvalue weighted by Crippen LogP contribution is 2.44. The Hall–Kier alpha value is -3.46. The van der Waals surface area contributed by atoms with E-state index >= 15 is 0 Å². The molecule has 1 unspecified atom stereocenters. The van der Waals surface area contributed by atoms with Crippen LogP contribution in [0.3, 0.4) is 0 Å². The first-order chi connectivity index (χ1) is 16.4. The van der Waals surface area contributed by atoms with Gasteiger partial charge in [-0.15, -0.1) is 0 Å². The predicted molar refractivity (Wildman–Crippen MR) is 114 cm³/mol. The summed E-state index contributed by atoms with van der Waals surface area (Å²) in [5, 5.41) is 9.43. The van der Waals surface area contributed by atoms with Crippen molar-refractivity contribution >= 4 is 22.7 Å². The largest absolute Gasteiger partial charge is 0.434 e. The Labute approximate surface area is 196 Å². The van der Waals surface area contributed by atoms with E-state index < -0.39 is 46.3 Å². The Bertz CT molecular complexity index is 1250. The lowest BCUT2D eigenvalue weighted by Crippen LogP contribution is -2.23. The molecule has 1 aromatic carbocycles. The highest BCUT2D eigenvalue weighted by molar-refractivity contribution is 7.82. The minimum atomic E-state index is -4.63. The van der Waals surface area contributed by atoms with Gasteiger partial charge in [0.05, 0.1) is 11.9 Å². The topological polar surface area (TPSA) is 129 Å². The van der Waals surface area contributed by atoms with Crippen LogP contribution >= 0.6 is 0 Å². The number of urea groups is 1. The van der Waals surface area contributed by atoms with E-state index in [1.165, 1.54) is 0 Å². The fourth-order valence-electron chi connectivity index (χ4n) is 3.52. The summed E-state index contributed by atoms with van der Waals surface area (Å²) in [6, 6.07) is 7.20. The second-order valence-corrected chi connectivity index (χ2v) is 8.16. The summed E-state index contributed by atoms with van der Waals surface area (Å²) in [4.78, 5) is 15.2. The molecule has 2 amide bonds. The highest BCUT2D eigenvalue weighted by Gasteiger charge is 2.39. The third-order valence-corrected chi connectivity index (χ3v) is 5.51. The third-order valence-electron chi connectivity index (χ3n) is 4.85. The van der Waals surface area contributed by atoms with E-state index in [0.29, 0.717) is 42.3 Å². The zero-order chi connectivity index (χ0) is 25.9. The summed E-state index contributed by atoms with van der Waals surface area (Å²) in [5.74, 6) is -1.10. The molecule has 8 nitrogen and oxygen atoms in total. The van der Waals surface area contributed by atoms with Gasteiger partial charge in [-0.25, -0.2) is 28.2 Å². The molecule has 0 saturated carbocycles. The predicted octanol–water partition coefficient (Wildman–Crippen LogP) is 4.15. The van der Waals surface area contributed by atoms with Crippen molar-refractivity contribution < 1.29 is 35.3 Å². The summed E-state index contributed by atoms with van der Waals surface area (Å²) in [6.07, 6.45) is -2.47. The minimum absolute atomic E-state index is 0.0510. The molecule has 4 rings (SSSR count). The van der Waals surface area contributed by atoms with Crippen molar-refractivity contribution in [3.8, 4) is 11.1 Å². The molecular formula is C20H18F6N6O2S. The van der Waals surface area contributed by atoms with Crippen molar-refractivity contribution in [1.82, 2.24) is 14.8 Å². The maximum atomic E-state index is 13.5. The highest BCUT2D eigenvalue weighted by atomic mass is 32.2. The van der Waals surface area contributed by atoms with Crippen molar-refractivity contribution in [1.29, 1.82) is 0 Å². The normalized spacial score (nSPS) is 13.7. The van der Waals surface area contributed by atoms with Gasteiger partial charge < -0.3 is 11.1 Å². The number of carbonyl (C=O) groups is 1. The number of amides is 2.